The van der Waals surface area contributed by atoms with Crippen molar-refractivity contribution in [1.29, 1.82) is 0 Å². The van der Waals surface area contributed by atoms with Crippen molar-refractivity contribution in [2.75, 3.05) is 13.1 Å². The molecular formula is C13H20N2. The van der Waals surface area contributed by atoms with E-state index in [2.05, 4.69) is 36.1 Å². The number of rotatable bonds is 1. The Morgan fingerprint density at radius 2 is 2.00 bits per heavy atom. The Kier molecular flexibility index (Phi) is 3.14. The summed E-state index contributed by atoms with van der Waals surface area (Å²) >= 11 is 0. The van der Waals surface area contributed by atoms with Crippen molar-refractivity contribution >= 4 is 0 Å². The Balaban J connectivity index is 2.16. The number of hydrogen-bond acceptors (Lipinski definition) is 2. The lowest BCUT2D eigenvalue weighted by Crippen LogP contribution is -2.31. The van der Waals surface area contributed by atoms with Crippen LogP contribution in [0.3, 0.4) is 0 Å². The molecule has 0 spiro atoms. The van der Waals surface area contributed by atoms with E-state index in [-0.39, 0.29) is 0 Å². The van der Waals surface area contributed by atoms with Crippen LogP contribution in [0, 0.1) is 5.92 Å². The van der Waals surface area contributed by atoms with Crippen LogP contribution in [0.1, 0.15) is 26.2 Å². The molecule has 0 radical (unpaired) electrons. The molecule has 2 aliphatic rings. The Hall–Kier alpha value is -1.18. The van der Waals surface area contributed by atoms with Crippen LogP contribution < -0.4 is 5.73 Å². The fourth-order valence-electron chi connectivity index (χ4n) is 2.27. The summed E-state index contributed by atoms with van der Waals surface area (Å²) in [5.41, 5.74) is 8.27. The first-order chi connectivity index (χ1) is 7.27. The normalized spacial score (nSPS) is 27.0. The zero-order chi connectivity index (χ0) is 10.7. The summed E-state index contributed by atoms with van der Waals surface area (Å²) in [6, 6.07) is 0. The zero-order valence-electron chi connectivity index (χ0n) is 9.45. The number of hydrogen-bond donors (Lipinski definition) is 1. The number of piperidine rings is 1. The van der Waals surface area contributed by atoms with Gasteiger partial charge in [-0.2, -0.15) is 0 Å². The molecule has 1 aliphatic heterocycles. The van der Waals surface area contributed by atoms with E-state index in [0.29, 0.717) is 5.92 Å². The van der Waals surface area contributed by atoms with Gasteiger partial charge in [-0.1, -0.05) is 25.2 Å². The molecule has 0 aromatic heterocycles. The maximum atomic E-state index is 6.11. The monoisotopic (exact) mass is 204 g/mol. The molecule has 1 atom stereocenters. The van der Waals surface area contributed by atoms with Crippen LogP contribution in [0.5, 0.6) is 0 Å². The Morgan fingerprint density at radius 1 is 1.27 bits per heavy atom. The van der Waals surface area contributed by atoms with Crippen LogP contribution in [0.15, 0.2) is 35.7 Å². The van der Waals surface area contributed by atoms with Gasteiger partial charge in [0.25, 0.3) is 0 Å². The van der Waals surface area contributed by atoms with Gasteiger partial charge in [-0.15, -0.1) is 0 Å². The second-order valence-electron chi connectivity index (χ2n) is 4.47. The summed E-state index contributed by atoms with van der Waals surface area (Å²) in [5, 5.41) is 0. The fourth-order valence-corrected chi connectivity index (χ4v) is 2.27. The standard InChI is InChI=1S/C13H20N2/c1-11-6-5-7-13(12(14)10-11)15-8-3-2-4-9-15/h5-7,10-11H,2-4,8-9,14H2,1H3. The number of nitrogens with zero attached hydrogens (tertiary/aromatic N) is 1. The van der Waals surface area contributed by atoms with Gasteiger partial charge in [-0.3, -0.25) is 0 Å². The highest BCUT2D eigenvalue weighted by Gasteiger charge is 2.15. The van der Waals surface area contributed by atoms with Gasteiger partial charge in [0.2, 0.25) is 0 Å². The van der Waals surface area contributed by atoms with Crippen molar-refractivity contribution in [1.82, 2.24) is 4.90 Å². The molecule has 1 unspecified atom stereocenters. The van der Waals surface area contributed by atoms with Crippen molar-refractivity contribution in [3.63, 3.8) is 0 Å². The second-order valence-corrected chi connectivity index (χ2v) is 4.47. The molecule has 1 aliphatic carbocycles. The minimum Gasteiger partial charge on any atom is -0.397 e. The lowest BCUT2D eigenvalue weighted by atomic mass is 10.1. The molecule has 0 saturated carbocycles. The molecule has 0 aromatic rings. The molecule has 0 bridgehead atoms. The molecule has 2 N–H and O–H groups in total. The van der Waals surface area contributed by atoms with Crippen LogP contribution in [0.2, 0.25) is 0 Å². The Labute approximate surface area is 92.1 Å². The lowest BCUT2D eigenvalue weighted by Gasteiger charge is -2.31. The SMILES string of the molecule is CC1C=CC=C(N2CCCCC2)C(N)=C1. The van der Waals surface area contributed by atoms with E-state index in [0.717, 1.165) is 18.8 Å². The molecule has 1 fully saturated rings. The maximum absolute atomic E-state index is 6.11. The van der Waals surface area contributed by atoms with Gasteiger partial charge in [0.05, 0.1) is 11.4 Å². The largest absolute Gasteiger partial charge is 0.397 e. The molecule has 2 heteroatoms. The second kappa shape index (κ2) is 4.56. The highest BCUT2D eigenvalue weighted by atomic mass is 15.1. The average Bonchev–Trinajstić information content (AvgIpc) is 2.40. The molecule has 1 saturated heterocycles. The summed E-state index contributed by atoms with van der Waals surface area (Å²) in [6.07, 6.45) is 12.6. The molecule has 2 rings (SSSR count). The minimum absolute atomic E-state index is 0.448. The van der Waals surface area contributed by atoms with Crippen LogP contribution >= 0.6 is 0 Å². The third-order valence-electron chi connectivity index (χ3n) is 3.10. The molecule has 82 valence electrons. The molecular weight excluding hydrogens is 184 g/mol. The van der Waals surface area contributed by atoms with E-state index < -0.39 is 0 Å². The molecule has 0 amide bonds. The minimum atomic E-state index is 0.448. The van der Waals surface area contributed by atoms with E-state index in [1.54, 1.807) is 0 Å². The summed E-state index contributed by atoms with van der Waals surface area (Å²) in [6.45, 7) is 4.47. The first-order valence-corrected chi connectivity index (χ1v) is 5.88. The number of allylic oxidation sites excluding steroid dienone is 4. The van der Waals surface area contributed by atoms with Crippen LogP contribution in [-0.4, -0.2) is 18.0 Å². The van der Waals surface area contributed by atoms with Gasteiger partial charge in [0, 0.05) is 13.1 Å². The molecule has 0 aromatic carbocycles. The maximum Gasteiger partial charge on any atom is 0.0596 e. The van der Waals surface area contributed by atoms with Crippen molar-refractivity contribution < 1.29 is 0 Å². The van der Waals surface area contributed by atoms with Crippen molar-refractivity contribution in [3.05, 3.63) is 35.7 Å². The fraction of sp³-hybridized carbons (Fsp3) is 0.538. The highest BCUT2D eigenvalue weighted by Crippen LogP contribution is 2.21. The lowest BCUT2D eigenvalue weighted by molar-refractivity contribution is 0.289. The van der Waals surface area contributed by atoms with Gasteiger partial charge in [-0.05, 0) is 31.3 Å². The third-order valence-corrected chi connectivity index (χ3v) is 3.10. The van der Waals surface area contributed by atoms with E-state index in [1.807, 2.05) is 0 Å². The zero-order valence-corrected chi connectivity index (χ0v) is 9.45. The van der Waals surface area contributed by atoms with Gasteiger partial charge >= 0.3 is 0 Å². The third kappa shape index (κ3) is 2.44. The first kappa shape index (κ1) is 10.3. The number of nitrogens with two attached hydrogens (primary N) is 1. The Morgan fingerprint density at radius 3 is 2.73 bits per heavy atom. The van der Waals surface area contributed by atoms with Crippen molar-refractivity contribution in [2.24, 2.45) is 11.7 Å². The van der Waals surface area contributed by atoms with Crippen LogP contribution in [0.25, 0.3) is 0 Å². The van der Waals surface area contributed by atoms with E-state index in [1.165, 1.54) is 25.0 Å². The van der Waals surface area contributed by atoms with Crippen molar-refractivity contribution in [3.8, 4) is 0 Å². The predicted octanol–water partition coefficient (Wildman–Crippen LogP) is 2.40. The molecule has 15 heavy (non-hydrogen) atoms. The summed E-state index contributed by atoms with van der Waals surface area (Å²) in [7, 11) is 0. The van der Waals surface area contributed by atoms with E-state index >= 15 is 0 Å². The topological polar surface area (TPSA) is 29.3 Å². The van der Waals surface area contributed by atoms with Crippen LogP contribution in [-0.2, 0) is 0 Å². The first-order valence-electron chi connectivity index (χ1n) is 5.88. The average molecular weight is 204 g/mol. The Bertz CT molecular complexity index is 306. The van der Waals surface area contributed by atoms with Crippen molar-refractivity contribution in [2.45, 2.75) is 26.2 Å². The quantitative estimate of drug-likeness (QED) is 0.710. The van der Waals surface area contributed by atoms with Gasteiger partial charge in [-0.25, -0.2) is 0 Å². The van der Waals surface area contributed by atoms with Gasteiger partial charge < -0.3 is 10.6 Å². The predicted molar refractivity (Wildman–Crippen MR) is 64.1 cm³/mol. The number of likely N-dealkylation sites (tertiary alicyclic amines) is 1. The summed E-state index contributed by atoms with van der Waals surface area (Å²) in [5.74, 6) is 0.448. The smallest absolute Gasteiger partial charge is 0.0596 e. The molecule has 2 nitrogen and oxygen atoms in total. The summed E-state index contributed by atoms with van der Waals surface area (Å²) < 4.78 is 0. The van der Waals surface area contributed by atoms with Gasteiger partial charge in [0.15, 0.2) is 0 Å². The van der Waals surface area contributed by atoms with E-state index in [9.17, 15) is 0 Å². The van der Waals surface area contributed by atoms with Gasteiger partial charge in [0.1, 0.15) is 0 Å². The molecule has 1 heterocycles. The van der Waals surface area contributed by atoms with E-state index in [4.69, 9.17) is 5.73 Å². The van der Waals surface area contributed by atoms with Crippen LogP contribution in [0.4, 0.5) is 0 Å². The highest BCUT2D eigenvalue weighted by molar-refractivity contribution is 5.34. The summed E-state index contributed by atoms with van der Waals surface area (Å²) in [4.78, 5) is 2.41.